The van der Waals surface area contributed by atoms with Gasteiger partial charge in [-0.3, -0.25) is 0 Å². The molecular weight excluding hydrogens is 332 g/mol. The van der Waals surface area contributed by atoms with Crippen molar-refractivity contribution < 1.29 is 9.53 Å². The molecular formula is C25H20O2. The highest BCUT2D eigenvalue weighted by Gasteiger charge is 2.27. The molecule has 2 nitrogen and oxygen atoms in total. The summed E-state index contributed by atoms with van der Waals surface area (Å²) < 4.78 is 5.74. The highest BCUT2D eigenvalue weighted by Crippen LogP contribution is 2.36. The summed E-state index contributed by atoms with van der Waals surface area (Å²) in [5.41, 5.74) is 5.67. The lowest BCUT2D eigenvalue weighted by Gasteiger charge is -2.16. The molecule has 0 saturated heterocycles. The number of carbonyl (C=O) groups excluding carboxylic acids is 1. The first-order valence-electron chi connectivity index (χ1n) is 9.06. The first-order chi connectivity index (χ1) is 13.2. The van der Waals surface area contributed by atoms with Crippen molar-refractivity contribution in [1.82, 2.24) is 0 Å². The average molecular weight is 352 g/mol. The molecule has 0 amide bonds. The van der Waals surface area contributed by atoms with Gasteiger partial charge in [0.1, 0.15) is 6.10 Å². The van der Waals surface area contributed by atoms with Crippen LogP contribution in [-0.4, -0.2) is 12.1 Å². The van der Waals surface area contributed by atoms with E-state index in [1.165, 1.54) is 0 Å². The molecule has 4 rings (SSSR count). The van der Waals surface area contributed by atoms with Crippen LogP contribution in [-0.2, 0) is 4.74 Å². The summed E-state index contributed by atoms with van der Waals surface area (Å²) >= 11 is 0. The predicted octanol–water partition coefficient (Wildman–Crippen LogP) is 5.87. The monoisotopic (exact) mass is 352 g/mol. The van der Waals surface area contributed by atoms with Crippen molar-refractivity contribution in [2.45, 2.75) is 13.0 Å². The maximum atomic E-state index is 12.6. The number of esters is 1. The smallest absolute Gasteiger partial charge is 0.339 e. The molecule has 0 N–H and O–H groups in total. The lowest BCUT2D eigenvalue weighted by molar-refractivity contribution is 0.0421. The second-order valence-corrected chi connectivity index (χ2v) is 6.57. The number of hydrogen-bond donors (Lipinski definition) is 0. The number of fused-ring (bicyclic) bond motifs is 1. The van der Waals surface area contributed by atoms with Crippen molar-refractivity contribution in [2.75, 3.05) is 0 Å². The van der Waals surface area contributed by atoms with Crippen LogP contribution in [0.4, 0.5) is 0 Å². The Morgan fingerprint density at radius 3 is 1.85 bits per heavy atom. The molecule has 0 saturated carbocycles. The van der Waals surface area contributed by atoms with Crippen molar-refractivity contribution in [3.8, 4) is 0 Å². The van der Waals surface area contributed by atoms with E-state index in [9.17, 15) is 4.79 Å². The Kier molecular flexibility index (Phi) is 4.71. The standard InChI is InChI=1S/C25H20O2/c1-18-23(16-19-10-4-2-5-11-19)24(17-20-12-6-3-7-13-20)21-14-8-9-15-22(21)25(26)27-18/h2-18H,1H3/b23-16+,24-17-/t18-/m0/s1. The Balaban J connectivity index is 1.96. The number of cyclic esters (lactones) is 1. The van der Waals surface area contributed by atoms with Crippen molar-refractivity contribution in [1.29, 1.82) is 0 Å². The van der Waals surface area contributed by atoms with E-state index >= 15 is 0 Å². The van der Waals surface area contributed by atoms with Crippen LogP contribution in [0.5, 0.6) is 0 Å². The fourth-order valence-corrected chi connectivity index (χ4v) is 3.36. The molecule has 1 heterocycles. The second-order valence-electron chi connectivity index (χ2n) is 6.57. The van der Waals surface area contributed by atoms with Gasteiger partial charge in [0.15, 0.2) is 0 Å². The third kappa shape index (κ3) is 3.61. The van der Waals surface area contributed by atoms with Crippen LogP contribution in [0.25, 0.3) is 17.7 Å². The van der Waals surface area contributed by atoms with Gasteiger partial charge >= 0.3 is 5.97 Å². The Morgan fingerprint density at radius 2 is 1.22 bits per heavy atom. The van der Waals surface area contributed by atoms with Crippen molar-refractivity contribution in [2.24, 2.45) is 0 Å². The van der Waals surface area contributed by atoms with Crippen LogP contribution in [0, 0.1) is 0 Å². The van der Waals surface area contributed by atoms with Crippen LogP contribution in [0.1, 0.15) is 34.0 Å². The number of rotatable bonds is 2. The van der Waals surface area contributed by atoms with E-state index in [2.05, 4.69) is 36.4 Å². The molecule has 3 aromatic carbocycles. The minimum absolute atomic E-state index is 0.284. The van der Waals surface area contributed by atoms with E-state index in [0.29, 0.717) is 5.56 Å². The van der Waals surface area contributed by atoms with E-state index in [4.69, 9.17) is 4.74 Å². The molecule has 1 atom stereocenters. The molecule has 0 aliphatic carbocycles. The maximum absolute atomic E-state index is 12.6. The normalized spacial score (nSPS) is 19.4. The Labute approximate surface area is 159 Å². The van der Waals surface area contributed by atoms with E-state index in [-0.39, 0.29) is 12.1 Å². The predicted molar refractivity (Wildman–Crippen MR) is 110 cm³/mol. The number of ether oxygens (including phenoxy) is 1. The molecule has 132 valence electrons. The summed E-state index contributed by atoms with van der Waals surface area (Å²) in [6.45, 7) is 1.93. The molecule has 0 fully saturated rings. The molecule has 1 aliphatic heterocycles. The van der Waals surface area contributed by atoms with Crippen LogP contribution >= 0.6 is 0 Å². The van der Waals surface area contributed by atoms with Gasteiger partial charge in [0.25, 0.3) is 0 Å². The van der Waals surface area contributed by atoms with Crippen LogP contribution < -0.4 is 0 Å². The highest BCUT2D eigenvalue weighted by molar-refractivity contribution is 6.05. The summed E-state index contributed by atoms with van der Waals surface area (Å²) in [5, 5.41) is 0. The summed E-state index contributed by atoms with van der Waals surface area (Å²) in [7, 11) is 0. The lowest BCUT2D eigenvalue weighted by atomic mass is 9.89. The van der Waals surface area contributed by atoms with Gasteiger partial charge in [0.05, 0.1) is 5.56 Å². The summed E-state index contributed by atoms with van der Waals surface area (Å²) in [6, 6.07) is 27.9. The van der Waals surface area contributed by atoms with E-state index in [1.807, 2.05) is 67.6 Å². The highest BCUT2D eigenvalue weighted by atomic mass is 16.5. The topological polar surface area (TPSA) is 26.3 Å². The van der Waals surface area contributed by atoms with Crippen LogP contribution in [0.3, 0.4) is 0 Å². The van der Waals surface area contributed by atoms with Gasteiger partial charge in [-0.05, 0) is 47.4 Å². The molecule has 27 heavy (non-hydrogen) atoms. The van der Waals surface area contributed by atoms with Crippen LogP contribution in [0.15, 0.2) is 90.5 Å². The van der Waals surface area contributed by atoms with E-state index < -0.39 is 0 Å². The second kappa shape index (κ2) is 7.46. The first kappa shape index (κ1) is 17.0. The van der Waals surface area contributed by atoms with Gasteiger partial charge in [0.2, 0.25) is 0 Å². The minimum Gasteiger partial charge on any atom is -0.454 e. The molecule has 0 radical (unpaired) electrons. The van der Waals surface area contributed by atoms with Crippen LogP contribution in [0.2, 0.25) is 0 Å². The van der Waals surface area contributed by atoms with Crippen molar-refractivity contribution in [3.05, 3.63) is 113 Å². The molecule has 0 aromatic heterocycles. The van der Waals surface area contributed by atoms with Gasteiger partial charge in [-0.15, -0.1) is 0 Å². The van der Waals surface area contributed by atoms with E-state index in [1.54, 1.807) is 0 Å². The lowest BCUT2D eigenvalue weighted by Crippen LogP contribution is -2.14. The first-order valence-corrected chi connectivity index (χ1v) is 9.06. The number of benzene rings is 3. The number of hydrogen-bond acceptors (Lipinski definition) is 2. The van der Waals surface area contributed by atoms with Gasteiger partial charge in [-0.25, -0.2) is 4.79 Å². The van der Waals surface area contributed by atoms with E-state index in [0.717, 1.165) is 27.8 Å². The fraction of sp³-hybridized carbons (Fsp3) is 0.0800. The zero-order chi connectivity index (χ0) is 18.6. The third-order valence-electron chi connectivity index (χ3n) is 4.70. The molecule has 0 bridgehead atoms. The minimum atomic E-state index is -0.347. The average Bonchev–Trinajstić information content (AvgIpc) is 2.80. The fourth-order valence-electron chi connectivity index (χ4n) is 3.36. The third-order valence-corrected chi connectivity index (χ3v) is 4.70. The zero-order valence-corrected chi connectivity index (χ0v) is 15.1. The van der Waals surface area contributed by atoms with Gasteiger partial charge in [0, 0.05) is 5.57 Å². The Morgan fingerprint density at radius 1 is 0.704 bits per heavy atom. The molecule has 2 heteroatoms. The molecule has 3 aromatic rings. The summed E-state index contributed by atoms with van der Waals surface area (Å²) in [6.07, 6.45) is 3.89. The Bertz CT molecular complexity index is 1010. The molecule has 0 unspecified atom stereocenters. The number of carbonyl (C=O) groups is 1. The largest absolute Gasteiger partial charge is 0.454 e. The zero-order valence-electron chi connectivity index (χ0n) is 15.1. The maximum Gasteiger partial charge on any atom is 0.339 e. The molecule has 0 spiro atoms. The van der Waals surface area contributed by atoms with Crippen molar-refractivity contribution in [3.63, 3.8) is 0 Å². The summed E-state index contributed by atoms with van der Waals surface area (Å²) in [5.74, 6) is -0.284. The quantitative estimate of drug-likeness (QED) is 0.539. The SMILES string of the molecule is C[C@@H]1OC(=O)c2ccccc2C(=C/c2ccccc2)/C1=C/c1ccccc1. The molecule has 1 aliphatic rings. The Hall–Kier alpha value is -3.39. The van der Waals surface area contributed by atoms with Gasteiger partial charge in [-0.1, -0.05) is 78.9 Å². The van der Waals surface area contributed by atoms with Gasteiger partial charge < -0.3 is 4.74 Å². The van der Waals surface area contributed by atoms with Crippen molar-refractivity contribution >= 4 is 23.7 Å². The van der Waals surface area contributed by atoms with Gasteiger partial charge in [-0.2, -0.15) is 0 Å². The summed E-state index contributed by atoms with van der Waals surface area (Å²) in [4.78, 5) is 12.6.